The van der Waals surface area contributed by atoms with Crippen LogP contribution in [0.4, 0.5) is 0 Å². The van der Waals surface area contributed by atoms with Crippen molar-refractivity contribution in [3.8, 4) is 17.0 Å². The highest BCUT2D eigenvalue weighted by Crippen LogP contribution is 2.34. The van der Waals surface area contributed by atoms with E-state index in [1.54, 1.807) is 7.11 Å². The van der Waals surface area contributed by atoms with E-state index in [9.17, 15) is 0 Å². The van der Waals surface area contributed by atoms with Gasteiger partial charge < -0.3 is 15.0 Å². The zero-order valence-electron chi connectivity index (χ0n) is 11.5. The van der Waals surface area contributed by atoms with E-state index < -0.39 is 0 Å². The molecule has 0 atom stereocenters. The Morgan fingerprint density at radius 2 is 2.30 bits per heavy atom. The van der Waals surface area contributed by atoms with Crippen molar-refractivity contribution in [1.29, 1.82) is 0 Å². The van der Waals surface area contributed by atoms with Crippen molar-refractivity contribution in [3.05, 3.63) is 34.2 Å². The molecule has 3 rings (SSSR count). The molecule has 0 saturated carbocycles. The number of halogens is 1. The summed E-state index contributed by atoms with van der Waals surface area (Å²) in [4.78, 5) is 4.81. The van der Waals surface area contributed by atoms with Gasteiger partial charge in [0.05, 0.1) is 17.3 Å². The quantitative estimate of drug-likeness (QED) is 0.934. The summed E-state index contributed by atoms with van der Waals surface area (Å²) in [5.74, 6) is 1.95. The van der Waals surface area contributed by atoms with E-state index in [-0.39, 0.29) is 0 Å². The van der Waals surface area contributed by atoms with Crippen molar-refractivity contribution in [2.45, 2.75) is 25.8 Å². The molecule has 0 spiro atoms. The predicted molar refractivity (Wildman–Crippen MR) is 83.0 cm³/mol. The van der Waals surface area contributed by atoms with Gasteiger partial charge in [-0.1, -0.05) is 0 Å². The van der Waals surface area contributed by atoms with Crippen molar-refractivity contribution in [1.82, 2.24) is 9.55 Å². The lowest BCUT2D eigenvalue weighted by molar-refractivity contribution is 0.412. The van der Waals surface area contributed by atoms with Crippen molar-refractivity contribution in [2.24, 2.45) is 5.73 Å². The number of methoxy groups -OCH3 is 1. The fourth-order valence-corrected chi connectivity index (χ4v) is 3.37. The SMILES string of the molecule is COc1ccc(-c2nc(CCN)n3c2CCC3)cc1Br. The standard InChI is InChI=1S/C15H18BrN3O/c1-20-13-5-4-10(9-11(13)16)15-12-3-2-8-19(12)14(18-15)6-7-17/h4-5,9H,2-3,6-8,17H2,1H3. The van der Waals surface area contributed by atoms with Crippen LogP contribution in [0.3, 0.4) is 0 Å². The number of hydrogen-bond acceptors (Lipinski definition) is 3. The third-order valence-electron chi connectivity index (χ3n) is 3.74. The van der Waals surface area contributed by atoms with Crippen molar-refractivity contribution >= 4 is 15.9 Å². The number of aromatic nitrogens is 2. The Kier molecular flexibility index (Phi) is 3.81. The molecule has 0 bridgehead atoms. The highest BCUT2D eigenvalue weighted by Gasteiger charge is 2.22. The van der Waals surface area contributed by atoms with Gasteiger partial charge in [0.15, 0.2) is 0 Å². The van der Waals surface area contributed by atoms with Gasteiger partial charge in [-0.15, -0.1) is 0 Å². The second-order valence-electron chi connectivity index (χ2n) is 4.97. The largest absolute Gasteiger partial charge is 0.496 e. The number of nitrogens with two attached hydrogens (primary N) is 1. The summed E-state index contributed by atoms with van der Waals surface area (Å²) in [5.41, 5.74) is 9.25. The van der Waals surface area contributed by atoms with E-state index in [1.165, 1.54) is 12.1 Å². The van der Waals surface area contributed by atoms with E-state index in [0.29, 0.717) is 6.54 Å². The molecule has 5 heteroatoms. The molecule has 2 N–H and O–H groups in total. The Morgan fingerprint density at radius 1 is 1.45 bits per heavy atom. The lowest BCUT2D eigenvalue weighted by atomic mass is 10.1. The van der Waals surface area contributed by atoms with Crippen LogP contribution in [-0.4, -0.2) is 23.2 Å². The molecular weight excluding hydrogens is 318 g/mol. The summed E-state index contributed by atoms with van der Waals surface area (Å²) in [7, 11) is 1.67. The molecule has 2 heterocycles. The number of fused-ring (bicyclic) bond motifs is 1. The summed E-state index contributed by atoms with van der Waals surface area (Å²) in [6.07, 6.45) is 3.13. The van der Waals surface area contributed by atoms with Gasteiger partial charge in [0.25, 0.3) is 0 Å². The minimum atomic E-state index is 0.641. The topological polar surface area (TPSA) is 53.1 Å². The second-order valence-corrected chi connectivity index (χ2v) is 5.82. The first-order chi connectivity index (χ1) is 9.74. The molecule has 4 nitrogen and oxygen atoms in total. The lowest BCUT2D eigenvalue weighted by Gasteiger charge is -2.05. The first kappa shape index (κ1) is 13.6. The molecule has 0 fully saturated rings. The number of benzene rings is 1. The summed E-state index contributed by atoms with van der Waals surface area (Å²) in [5, 5.41) is 0. The summed E-state index contributed by atoms with van der Waals surface area (Å²) in [6, 6.07) is 6.12. The van der Waals surface area contributed by atoms with Crippen LogP contribution in [0.25, 0.3) is 11.3 Å². The first-order valence-corrected chi connectivity index (χ1v) is 7.66. The third kappa shape index (κ3) is 2.25. The van der Waals surface area contributed by atoms with Gasteiger partial charge in [0.2, 0.25) is 0 Å². The van der Waals surface area contributed by atoms with Gasteiger partial charge in [0, 0.05) is 24.2 Å². The Balaban J connectivity index is 2.06. The maximum atomic E-state index is 5.69. The molecule has 0 saturated heterocycles. The van der Waals surface area contributed by atoms with E-state index in [4.69, 9.17) is 15.5 Å². The van der Waals surface area contributed by atoms with Gasteiger partial charge in [0.1, 0.15) is 11.6 Å². The van der Waals surface area contributed by atoms with Crippen LogP contribution in [-0.2, 0) is 19.4 Å². The summed E-state index contributed by atoms with van der Waals surface area (Å²) < 4.78 is 8.57. The molecule has 0 amide bonds. The monoisotopic (exact) mass is 335 g/mol. The number of hydrogen-bond donors (Lipinski definition) is 1. The van der Waals surface area contributed by atoms with Gasteiger partial charge in [-0.2, -0.15) is 0 Å². The molecule has 106 valence electrons. The van der Waals surface area contributed by atoms with Crippen LogP contribution in [0.1, 0.15) is 17.9 Å². The fourth-order valence-electron chi connectivity index (χ4n) is 2.82. The van der Waals surface area contributed by atoms with E-state index in [1.807, 2.05) is 6.07 Å². The zero-order chi connectivity index (χ0) is 14.1. The highest BCUT2D eigenvalue weighted by molar-refractivity contribution is 9.10. The van der Waals surface area contributed by atoms with Crippen LogP contribution in [0, 0.1) is 0 Å². The normalized spacial score (nSPS) is 13.6. The van der Waals surface area contributed by atoms with E-state index >= 15 is 0 Å². The van der Waals surface area contributed by atoms with Gasteiger partial charge in [-0.25, -0.2) is 4.98 Å². The molecule has 1 aromatic heterocycles. The molecule has 0 radical (unpaired) electrons. The lowest BCUT2D eigenvalue weighted by Crippen LogP contribution is -2.08. The average Bonchev–Trinajstić information content (AvgIpc) is 3.03. The Bertz CT molecular complexity index is 636. The predicted octanol–water partition coefficient (Wildman–Crippen LogP) is 2.77. The number of nitrogens with zero attached hydrogens (tertiary/aromatic N) is 2. The van der Waals surface area contributed by atoms with Crippen molar-refractivity contribution < 1.29 is 4.74 Å². The van der Waals surface area contributed by atoms with E-state index in [0.717, 1.165) is 46.7 Å². The summed E-state index contributed by atoms with van der Waals surface area (Å²) >= 11 is 3.54. The van der Waals surface area contributed by atoms with Crippen LogP contribution >= 0.6 is 15.9 Å². The minimum absolute atomic E-state index is 0.641. The summed E-state index contributed by atoms with van der Waals surface area (Å²) in [6.45, 7) is 1.71. The Hall–Kier alpha value is -1.33. The number of ether oxygens (including phenoxy) is 1. The molecule has 1 aromatic carbocycles. The molecule has 0 unspecified atom stereocenters. The zero-order valence-corrected chi connectivity index (χ0v) is 13.1. The minimum Gasteiger partial charge on any atom is -0.496 e. The van der Waals surface area contributed by atoms with Crippen molar-refractivity contribution in [3.63, 3.8) is 0 Å². The van der Waals surface area contributed by atoms with Gasteiger partial charge in [-0.05, 0) is 53.5 Å². The molecule has 1 aliphatic rings. The third-order valence-corrected chi connectivity index (χ3v) is 4.36. The first-order valence-electron chi connectivity index (χ1n) is 6.87. The van der Waals surface area contributed by atoms with Crippen LogP contribution in [0.5, 0.6) is 5.75 Å². The average molecular weight is 336 g/mol. The number of imidazole rings is 1. The van der Waals surface area contributed by atoms with Crippen molar-refractivity contribution in [2.75, 3.05) is 13.7 Å². The fraction of sp³-hybridized carbons (Fsp3) is 0.400. The molecule has 20 heavy (non-hydrogen) atoms. The highest BCUT2D eigenvalue weighted by atomic mass is 79.9. The van der Waals surface area contributed by atoms with Crippen LogP contribution in [0.15, 0.2) is 22.7 Å². The van der Waals surface area contributed by atoms with Crippen LogP contribution < -0.4 is 10.5 Å². The molecule has 2 aromatic rings. The van der Waals surface area contributed by atoms with E-state index in [2.05, 4.69) is 32.6 Å². The number of rotatable bonds is 4. The smallest absolute Gasteiger partial charge is 0.133 e. The second kappa shape index (κ2) is 5.58. The van der Waals surface area contributed by atoms with Gasteiger partial charge in [-0.3, -0.25) is 0 Å². The molecule has 1 aliphatic heterocycles. The molecular formula is C15H18BrN3O. The Labute approximate surface area is 127 Å². The maximum Gasteiger partial charge on any atom is 0.133 e. The maximum absolute atomic E-state index is 5.69. The van der Waals surface area contributed by atoms with Gasteiger partial charge >= 0.3 is 0 Å². The molecule has 0 aliphatic carbocycles. The van der Waals surface area contributed by atoms with Crippen LogP contribution in [0.2, 0.25) is 0 Å². The Morgan fingerprint density at radius 3 is 3.00 bits per heavy atom.